The van der Waals surface area contributed by atoms with Crippen LogP contribution >= 0.6 is 0 Å². The van der Waals surface area contributed by atoms with Gasteiger partial charge in [0.05, 0.1) is 5.41 Å². The summed E-state index contributed by atoms with van der Waals surface area (Å²) in [4.78, 5) is 15.9. The molecule has 0 radical (unpaired) electrons. The molecule has 10 atom stereocenters. The molecule has 2 aliphatic heterocycles. The predicted molar refractivity (Wildman–Crippen MR) is 119 cm³/mol. The summed E-state index contributed by atoms with van der Waals surface area (Å²) in [7, 11) is 0. The summed E-state index contributed by atoms with van der Waals surface area (Å²) >= 11 is 0. The Morgan fingerprint density at radius 3 is 2.43 bits per heavy atom. The number of H-pyrrole nitrogens is 1. The molecule has 1 aromatic rings. The maximum absolute atomic E-state index is 13.2. The number of hydrogen-bond acceptors (Lipinski definition) is 9. The molecule has 0 amide bonds. The van der Waals surface area contributed by atoms with Crippen LogP contribution in [-0.2, 0) is 9.47 Å². The Morgan fingerprint density at radius 1 is 1.20 bits per heavy atom. The molecule has 7 N–H and O–H groups in total. The second-order valence-electron chi connectivity index (χ2n) is 12.0. The lowest BCUT2D eigenvalue weighted by atomic mass is 9.52. The molecule has 10 heteroatoms. The number of rotatable bonds is 3. The summed E-state index contributed by atoms with van der Waals surface area (Å²) in [6, 6.07) is 3.05. The van der Waals surface area contributed by atoms with Gasteiger partial charge in [-0.3, -0.25) is 0 Å². The fourth-order valence-corrected chi connectivity index (χ4v) is 9.18. The van der Waals surface area contributed by atoms with Gasteiger partial charge in [-0.2, -0.15) is 0 Å². The van der Waals surface area contributed by atoms with E-state index in [1.54, 1.807) is 32.9 Å². The largest absolute Gasteiger partial charge is 0.451 e. The lowest BCUT2D eigenvalue weighted by Gasteiger charge is -2.59. The minimum absolute atomic E-state index is 0.0581. The van der Waals surface area contributed by atoms with E-state index in [4.69, 9.17) is 9.47 Å². The van der Waals surface area contributed by atoms with Crippen molar-refractivity contribution in [3.8, 4) is 0 Å². The molecule has 1 aromatic heterocycles. The van der Waals surface area contributed by atoms with Crippen molar-refractivity contribution in [2.75, 3.05) is 0 Å². The number of ether oxygens (including phenoxy) is 2. The zero-order valence-corrected chi connectivity index (χ0v) is 20.4. The number of carbonyl (C=O) groups is 1. The van der Waals surface area contributed by atoms with Crippen LogP contribution in [0.2, 0.25) is 0 Å². The number of hydrogen-bond donors (Lipinski definition) is 7. The quantitative estimate of drug-likeness (QED) is 0.222. The summed E-state index contributed by atoms with van der Waals surface area (Å²) in [5.41, 5.74) is -15.2. The normalized spacial score (nSPS) is 57.5. The van der Waals surface area contributed by atoms with Crippen LogP contribution in [0.25, 0.3) is 0 Å². The van der Waals surface area contributed by atoms with Crippen LogP contribution in [0.15, 0.2) is 30.0 Å². The zero-order chi connectivity index (χ0) is 25.8. The molecule has 35 heavy (non-hydrogen) atoms. The SMILES string of the molecule is CC1=CC[C@]2(O)[C@]3(C)C[C@@]4(O)O[C@@]2([C@H]1O)[C@]1(O)[C@@]3(O)[C@H](OC(=O)c2ccc[nH]2)[C@](O)(C(C)C)[C@@]14C. The molecule has 3 saturated carbocycles. The standard InChI is InChI=1S/C25H33NO9/c1-12(2)22(31)17(34-16(28)14-7-6-10-26-14)23(32)18(4)11-21(30)19(22,5)25(23,33)24(35-21)15(27)13(3)8-9-20(18,24)29/h6-8,10,12,15,17,26-27,29-33H,9,11H2,1-5H3/t15-,17+,18-,19-,20-,21+,22+,23+,24+,25+/m0/s1. The van der Waals surface area contributed by atoms with E-state index in [-0.39, 0.29) is 18.5 Å². The number of aromatic nitrogens is 1. The van der Waals surface area contributed by atoms with E-state index < -0.39 is 68.7 Å². The van der Waals surface area contributed by atoms with E-state index in [9.17, 15) is 35.4 Å². The topological polar surface area (TPSA) is 173 Å². The van der Waals surface area contributed by atoms with Gasteiger partial charge in [-0.25, -0.2) is 4.79 Å². The third kappa shape index (κ3) is 1.71. The Labute approximate surface area is 202 Å². The van der Waals surface area contributed by atoms with Crippen LogP contribution in [0.1, 0.15) is 57.9 Å². The Bertz CT molecular complexity index is 1180. The van der Waals surface area contributed by atoms with E-state index >= 15 is 0 Å². The highest BCUT2D eigenvalue weighted by molar-refractivity contribution is 5.87. The molecule has 6 aliphatic rings. The molecule has 7 rings (SSSR count). The molecule has 4 aliphatic carbocycles. The molecule has 2 saturated heterocycles. The maximum Gasteiger partial charge on any atom is 0.355 e. The number of carbonyl (C=O) groups excluding carboxylic acids is 1. The lowest BCUT2D eigenvalue weighted by Crippen LogP contribution is -2.74. The van der Waals surface area contributed by atoms with Crippen molar-refractivity contribution < 1.29 is 44.9 Å². The molecule has 6 bridgehead atoms. The number of esters is 1. The van der Waals surface area contributed by atoms with Gasteiger partial charge in [0.15, 0.2) is 17.5 Å². The van der Waals surface area contributed by atoms with Gasteiger partial charge in [-0.15, -0.1) is 0 Å². The minimum Gasteiger partial charge on any atom is -0.451 e. The Balaban J connectivity index is 1.70. The summed E-state index contributed by atoms with van der Waals surface area (Å²) < 4.78 is 12.0. The van der Waals surface area contributed by atoms with Gasteiger partial charge in [-0.1, -0.05) is 26.8 Å². The number of aromatic amines is 1. The first-order valence-electron chi connectivity index (χ1n) is 12.0. The summed E-state index contributed by atoms with van der Waals surface area (Å²) in [5.74, 6) is -3.94. The van der Waals surface area contributed by atoms with Crippen molar-refractivity contribution in [3.05, 3.63) is 35.7 Å². The summed E-state index contributed by atoms with van der Waals surface area (Å²) in [5, 5.41) is 73.7. The first-order chi connectivity index (χ1) is 16.0. The van der Waals surface area contributed by atoms with Gasteiger partial charge in [0.2, 0.25) is 0 Å². The van der Waals surface area contributed by atoms with Gasteiger partial charge < -0.3 is 45.1 Å². The van der Waals surface area contributed by atoms with E-state index in [0.29, 0.717) is 5.57 Å². The molecular formula is C25H33NO9. The zero-order valence-electron chi connectivity index (χ0n) is 20.4. The number of aliphatic hydroxyl groups is 6. The fraction of sp³-hybridized carbons (Fsp3) is 0.720. The second-order valence-corrected chi connectivity index (χ2v) is 12.0. The average molecular weight is 492 g/mol. The van der Waals surface area contributed by atoms with Gasteiger partial charge in [0, 0.05) is 18.0 Å². The van der Waals surface area contributed by atoms with E-state index in [1.807, 2.05) is 0 Å². The maximum atomic E-state index is 13.2. The predicted octanol–water partition coefficient (Wildman–Crippen LogP) is -0.268. The smallest absolute Gasteiger partial charge is 0.355 e. The van der Waals surface area contributed by atoms with Crippen LogP contribution < -0.4 is 0 Å². The molecule has 5 fully saturated rings. The van der Waals surface area contributed by atoms with E-state index in [1.165, 1.54) is 26.1 Å². The molecule has 0 aromatic carbocycles. The Hall–Kier alpha value is -1.79. The summed E-state index contributed by atoms with van der Waals surface area (Å²) in [6.07, 6.45) is -0.760. The fourth-order valence-electron chi connectivity index (χ4n) is 9.18. The van der Waals surface area contributed by atoms with Gasteiger partial charge in [0.25, 0.3) is 0 Å². The highest BCUT2D eigenvalue weighted by Crippen LogP contribution is 2.90. The van der Waals surface area contributed by atoms with Crippen molar-refractivity contribution in [2.45, 2.75) is 93.5 Å². The van der Waals surface area contributed by atoms with Crippen molar-refractivity contribution >= 4 is 5.97 Å². The van der Waals surface area contributed by atoms with Crippen molar-refractivity contribution in [1.82, 2.24) is 4.98 Å². The average Bonchev–Trinajstić information content (AvgIpc) is 3.41. The summed E-state index contributed by atoms with van der Waals surface area (Å²) in [6.45, 7) is 7.70. The highest BCUT2D eigenvalue weighted by Gasteiger charge is 3.10. The van der Waals surface area contributed by atoms with Crippen molar-refractivity contribution in [2.24, 2.45) is 16.7 Å². The van der Waals surface area contributed by atoms with Gasteiger partial charge in [0.1, 0.15) is 34.2 Å². The number of aliphatic hydroxyl groups excluding tert-OH is 1. The van der Waals surface area contributed by atoms with E-state index in [0.717, 1.165) is 0 Å². The highest BCUT2D eigenvalue weighted by atomic mass is 16.7. The van der Waals surface area contributed by atoms with Crippen LogP contribution in [0.5, 0.6) is 0 Å². The van der Waals surface area contributed by atoms with Crippen LogP contribution in [0.3, 0.4) is 0 Å². The minimum atomic E-state index is -2.63. The molecule has 0 unspecified atom stereocenters. The van der Waals surface area contributed by atoms with Crippen LogP contribution in [0.4, 0.5) is 0 Å². The van der Waals surface area contributed by atoms with Crippen LogP contribution in [0, 0.1) is 16.7 Å². The van der Waals surface area contributed by atoms with E-state index in [2.05, 4.69) is 4.98 Å². The third-order valence-electron chi connectivity index (χ3n) is 10.9. The lowest BCUT2D eigenvalue weighted by molar-refractivity contribution is -0.379. The van der Waals surface area contributed by atoms with Crippen molar-refractivity contribution in [3.63, 3.8) is 0 Å². The Kier molecular flexibility index (Phi) is 3.95. The molecule has 192 valence electrons. The third-order valence-corrected chi connectivity index (χ3v) is 10.9. The van der Waals surface area contributed by atoms with Gasteiger partial charge in [-0.05, 0) is 43.9 Å². The first-order valence-corrected chi connectivity index (χ1v) is 12.0. The molecule has 3 heterocycles. The number of nitrogens with one attached hydrogen (secondary N) is 1. The Morgan fingerprint density at radius 2 is 1.86 bits per heavy atom. The molecular weight excluding hydrogens is 458 g/mol. The van der Waals surface area contributed by atoms with Crippen LogP contribution in [-0.4, -0.2) is 87.6 Å². The molecule has 10 nitrogen and oxygen atoms in total. The monoisotopic (exact) mass is 491 g/mol. The second kappa shape index (κ2) is 5.85. The molecule has 1 spiro atoms. The first kappa shape index (κ1) is 23.6. The van der Waals surface area contributed by atoms with Crippen molar-refractivity contribution in [1.29, 1.82) is 0 Å². The van der Waals surface area contributed by atoms with Gasteiger partial charge >= 0.3 is 5.97 Å².